The Kier molecular flexibility index (Phi) is 5.81. The SMILES string of the molecule is C[C@H]1CN(S(=O)(=O)c2cccc(-c3ccccc3)c2)CCN1.Cl. The lowest BCUT2D eigenvalue weighted by atomic mass is 10.1. The molecule has 0 radical (unpaired) electrons. The molecule has 2 aromatic rings. The van der Waals surface area contributed by atoms with Crippen LogP contribution in [0.25, 0.3) is 11.1 Å². The van der Waals surface area contributed by atoms with E-state index >= 15 is 0 Å². The summed E-state index contributed by atoms with van der Waals surface area (Å²) < 4.78 is 27.2. The van der Waals surface area contributed by atoms with Gasteiger partial charge in [0, 0.05) is 25.7 Å². The van der Waals surface area contributed by atoms with Gasteiger partial charge in [-0.15, -0.1) is 12.4 Å². The third-order valence-electron chi connectivity index (χ3n) is 3.91. The first-order valence-electron chi connectivity index (χ1n) is 7.46. The maximum absolute atomic E-state index is 12.8. The fourth-order valence-corrected chi connectivity index (χ4v) is 4.31. The Hall–Kier alpha value is -1.40. The summed E-state index contributed by atoms with van der Waals surface area (Å²) in [6.45, 7) is 3.72. The topological polar surface area (TPSA) is 49.4 Å². The molecule has 4 nitrogen and oxygen atoms in total. The molecule has 0 spiro atoms. The van der Waals surface area contributed by atoms with E-state index in [0.29, 0.717) is 24.5 Å². The molecular weight excluding hydrogens is 332 g/mol. The lowest BCUT2D eigenvalue weighted by Crippen LogP contribution is -2.51. The monoisotopic (exact) mass is 352 g/mol. The first kappa shape index (κ1) is 17.9. The van der Waals surface area contributed by atoms with Gasteiger partial charge in [-0.2, -0.15) is 4.31 Å². The van der Waals surface area contributed by atoms with Crippen molar-refractivity contribution in [3.05, 3.63) is 54.6 Å². The number of benzene rings is 2. The highest BCUT2D eigenvalue weighted by atomic mass is 35.5. The van der Waals surface area contributed by atoms with E-state index in [0.717, 1.165) is 11.1 Å². The fraction of sp³-hybridized carbons (Fsp3) is 0.294. The molecule has 1 saturated heterocycles. The van der Waals surface area contributed by atoms with Crippen molar-refractivity contribution in [2.45, 2.75) is 17.9 Å². The number of sulfonamides is 1. The Morgan fingerprint density at radius 3 is 2.43 bits per heavy atom. The van der Waals surface area contributed by atoms with Gasteiger partial charge in [0.25, 0.3) is 0 Å². The largest absolute Gasteiger partial charge is 0.312 e. The highest BCUT2D eigenvalue weighted by Crippen LogP contribution is 2.24. The van der Waals surface area contributed by atoms with Gasteiger partial charge in [-0.05, 0) is 30.2 Å². The summed E-state index contributed by atoms with van der Waals surface area (Å²) in [5.74, 6) is 0. The summed E-state index contributed by atoms with van der Waals surface area (Å²) in [6, 6.07) is 17.2. The predicted octanol–water partition coefficient (Wildman–Crippen LogP) is 2.76. The van der Waals surface area contributed by atoms with Gasteiger partial charge in [-0.25, -0.2) is 8.42 Å². The maximum atomic E-state index is 12.8. The van der Waals surface area contributed by atoms with Crippen molar-refractivity contribution in [1.82, 2.24) is 9.62 Å². The van der Waals surface area contributed by atoms with Crippen LogP contribution in [0.5, 0.6) is 0 Å². The van der Waals surface area contributed by atoms with Crippen molar-refractivity contribution in [2.24, 2.45) is 0 Å². The van der Waals surface area contributed by atoms with Crippen LogP contribution >= 0.6 is 12.4 Å². The zero-order chi connectivity index (χ0) is 15.6. The Morgan fingerprint density at radius 2 is 1.74 bits per heavy atom. The number of piperazine rings is 1. The van der Waals surface area contributed by atoms with E-state index in [2.05, 4.69) is 5.32 Å². The summed E-state index contributed by atoms with van der Waals surface area (Å²) in [5.41, 5.74) is 1.94. The number of hydrogen-bond acceptors (Lipinski definition) is 3. The molecule has 0 saturated carbocycles. The van der Waals surface area contributed by atoms with Crippen LogP contribution in [-0.4, -0.2) is 38.4 Å². The molecule has 1 aliphatic rings. The second-order valence-corrected chi connectivity index (χ2v) is 7.55. The van der Waals surface area contributed by atoms with Crippen LogP contribution in [0.2, 0.25) is 0 Å². The average Bonchev–Trinajstić information content (AvgIpc) is 2.56. The van der Waals surface area contributed by atoms with Gasteiger partial charge in [0.05, 0.1) is 4.90 Å². The average molecular weight is 353 g/mol. The zero-order valence-corrected chi connectivity index (χ0v) is 14.6. The lowest BCUT2D eigenvalue weighted by molar-refractivity contribution is 0.310. The lowest BCUT2D eigenvalue weighted by Gasteiger charge is -2.31. The number of nitrogens with zero attached hydrogens (tertiary/aromatic N) is 1. The van der Waals surface area contributed by atoms with E-state index in [1.807, 2.05) is 43.3 Å². The fourth-order valence-electron chi connectivity index (χ4n) is 2.73. The molecule has 0 unspecified atom stereocenters. The van der Waals surface area contributed by atoms with Gasteiger partial charge in [-0.1, -0.05) is 42.5 Å². The van der Waals surface area contributed by atoms with Crippen molar-refractivity contribution in [3.8, 4) is 11.1 Å². The molecule has 23 heavy (non-hydrogen) atoms. The van der Waals surface area contributed by atoms with Crippen molar-refractivity contribution in [2.75, 3.05) is 19.6 Å². The summed E-state index contributed by atoms with van der Waals surface area (Å²) in [7, 11) is -3.43. The first-order valence-corrected chi connectivity index (χ1v) is 8.90. The molecule has 1 atom stereocenters. The summed E-state index contributed by atoms with van der Waals surface area (Å²) in [5, 5.41) is 3.27. The highest BCUT2D eigenvalue weighted by Gasteiger charge is 2.28. The second kappa shape index (κ2) is 7.45. The summed E-state index contributed by atoms with van der Waals surface area (Å²) in [4.78, 5) is 0.364. The molecular formula is C17H21ClN2O2S. The Bertz CT molecular complexity index is 750. The minimum atomic E-state index is -3.43. The third-order valence-corrected chi connectivity index (χ3v) is 5.77. The maximum Gasteiger partial charge on any atom is 0.243 e. The van der Waals surface area contributed by atoms with E-state index in [4.69, 9.17) is 0 Å². The molecule has 0 aromatic heterocycles. The molecule has 0 bridgehead atoms. The van der Waals surface area contributed by atoms with Crippen LogP contribution in [0.15, 0.2) is 59.5 Å². The molecule has 1 N–H and O–H groups in total. The van der Waals surface area contributed by atoms with Crippen LogP contribution < -0.4 is 5.32 Å². The van der Waals surface area contributed by atoms with Crippen molar-refractivity contribution in [3.63, 3.8) is 0 Å². The van der Waals surface area contributed by atoms with Crippen LogP contribution in [0.3, 0.4) is 0 Å². The van der Waals surface area contributed by atoms with Gasteiger partial charge in [-0.3, -0.25) is 0 Å². The summed E-state index contributed by atoms with van der Waals surface area (Å²) in [6.07, 6.45) is 0. The van der Waals surface area contributed by atoms with Gasteiger partial charge < -0.3 is 5.32 Å². The van der Waals surface area contributed by atoms with Gasteiger partial charge in [0.2, 0.25) is 10.0 Å². The Morgan fingerprint density at radius 1 is 1.04 bits per heavy atom. The smallest absolute Gasteiger partial charge is 0.243 e. The second-order valence-electron chi connectivity index (χ2n) is 5.61. The molecule has 0 aliphatic carbocycles. The minimum absolute atomic E-state index is 0. The predicted molar refractivity (Wildman–Crippen MR) is 95.3 cm³/mol. The van der Waals surface area contributed by atoms with E-state index in [-0.39, 0.29) is 18.4 Å². The van der Waals surface area contributed by atoms with Crippen LogP contribution in [-0.2, 0) is 10.0 Å². The molecule has 6 heteroatoms. The molecule has 2 aromatic carbocycles. The summed E-state index contributed by atoms with van der Waals surface area (Å²) >= 11 is 0. The third kappa shape index (κ3) is 3.93. The number of rotatable bonds is 3. The molecule has 3 rings (SSSR count). The number of hydrogen-bond donors (Lipinski definition) is 1. The van der Waals surface area contributed by atoms with Crippen LogP contribution in [0.1, 0.15) is 6.92 Å². The highest BCUT2D eigenvalue weighted by molar-refractivity contribution is 7.89. The van der Waals surface area contributed by atoms with Gasteiger partial charge in [0.1, 0.15) is 0 Å². The van der Waals surface area contributed by atoms with E-state index in [9.17, 15) is 8.42 Å². The van der Waals surface area contributed by atoms with Gasteiger partial charge >= 0.3 is 0 Å². The van der Waals surface area contributed by atoms with Gasteiger partial charge in [0.15, 0.2) is 0 Å². The van der Waals surface area contributed by atoms with Crippen molar-refractivity contribution in [1.29, 1.82) is 0 Å². The van der Waals surface area contributed by atoms with Crippen molar-refractivity contribution >= 4 is 22.4 Å². The molecule has 1 aliphatic heterocycles. The Balaban J connectivity index is 0.00000192. The van der Waals surface area contributed by atoms with E-state index < -0.39 is 10.0 Å². The molecule has 1 fully saturated rings. The quantitative estimate of drug-likeness (QED) is 0.924. The molecule has 0 amide bonds. The van der Waals surface area contributed by atoms with Crippen LogP contribution in [0, 0.1) is 0 Å². The van der Waals surface area contributed by atoms with E-state index in [1.165, 1.54) is 0 Å². The Labute approximate surface area is 144 Å². The van der Waals surface area contributed by atoms with Crippen LogP contribution in [0.4, 0.5) is 0 Å². The molecule has 124 valence electrons. The molecule has 1 heterocycles. The van der Waals surface area contributed by atoms with Crippen molar-refractivity contribution < 1.29 is 8.42 Å². The number of halogens is 1. The first-order chi connectivity index (χ1) is 10.6. The minimum Gasteiger partial charge on any atom is -0.312 e. The standard InChI is InChI=1S/C17H20N2O2S.ClH/c1-14-13-19(11-10-18-14)22(20,21)17-9-5-8-16(12-17)15-6-3-2-4-7-15;/h2-9,12,14,18H,10-11,13H2,1H3;1H/t14-;/m0./s1. The normalized spacial score (nSPS) is 19.1. The number of nitrogens with one attached hydrogen (secondary N) is 1. The van der Waals surface area contributed by atoms with E-state index in [1.54, 1.807) is 22.5 Å². The zero-order valence-electron chi connectivity index (χ0n) is 13.0.